The molecule has 0 unspecified atom stereocenters. The van der Waals surface area contributed by atoms with Crippen molar-refractivity contribution < 1.29 is 4.42 Å². The molecular weight excluding hydrogens is 548 g/mol. The van der Waals surface area contributed by atoms with Gasteiger partial charge in [-0.2, -0.15) is 0 Å². The summed E-state index contributed by atoms with van der Waals surface area (Å²) < 4.78 is 8.68. The second kappa shape index (κ2) is 10.3. The Kier molecular flexibility index (Phi) is 5.82. The zero-order valence-electron chi connectivity index (χ0n) is 24.5. The van der Waals surface area contributed by atoms with Gasteiger partial charge < -0.3 is 13.9 Å². The van der Waals surface area contributed by atoms with Crippen LogP contribution in [0.4, 0.5) is 17.1 Å². The Morgan fingerprint density at radius 3 is 1.89 bits per heavy atom. The molecule has 0 atom stereocenters. The Labute approximate surface area is 260 Å². The van der Waals surface area contributed by atoms with Crippen LogP contribution in [0.25, 0.3) is 60.6 Å². The summed E-state index contributed by atoms with van der Waals surface area (Å²) in [6, 6.07) is 60.3. The largest absolute Gasteiger partial charge is 0.456 e. The highest BCUT2D eigenvalue weighted by Gasteiger charge is 2.25. The molecule has 0 radical (unpaired) electrons. The summed E-state index contributed by atoms with van der Waals surface area (Å²) >= 11 is 0. The van der Waals surface area contributed by atoms with Crippen LogP contribution in [-0.4, -0.2) is 4.57 Å². The third kappa shape index (κ3) is 4.05. The lowest BCUT2D eigenvalue weighted by molar-refractivity contribution is 0.669. The number of aromatic nitrogens is 1. The van der Waals surface area contributed by atoms with Crippen LogP contribution in [0, 0.1) is 0 Å². The van der Waals surface area contributed by atoms with Crippen LogP contribution >= 0.6 is 0 Å². The summed E-state index contributed by atoms with van der Waals surface area (Å²) in [4.78, 5) is 2.42. The average Bonchev–Trinajstić information content (AvgIpc) is 3.65. The van der Waals surface area contributed by atoms with E-state index in [1.807, 2.05) is 12.1 Å². The first-order valence-corrected chi connectivity index (χ1v) is 15.3. The number of hydrogen-bond donors (Lipinski definition) is 0. The molecule has 0 fully saturated rings. The van der Waals surface area contributed by atoms with Crippen LogP contribution in [0.2, 0.25) is 0 Å². The van der Waals surface area contributed by atoms with Gasteiger partial charge in [0.15, 0.2) is 0 Å². The van der Waals surface area contributed by atoms with Crippen LogP contribution < -0.4 is 4.90 Å². The molecular formula is C42H28N2O. The van der Waals surface area contributed by atoms with Crippen molar-refractivity contribution in [2.24, 2.45) is 0 Å². The highest BCUT2D eigenvalue weighted by Crippen LogP contribution is 2.49. The van der Waals surface area contributed by atoms with Crippen LogP contribution in [-0.2, 0) is 0 Å². The first-order chi connectivity index (χ1) is 22.3. The van der Waals surface area contributed by atoms with Gasteiger partial charge in [-0.25, -0.2) is 0 Å². The molecule has 9 rings (SSSR count). The summed E-state index contributed by atoms with van der Waals surface area (Å²) in [6.07, 6.45) is 0. The lowest BCUT2D eigenvalue weighted by Gasteiger charge is -2.29. The quantitative estimate of drug-likeness (QED) is 0.203. The van der Waals surface area contributed by atoms with Crippen molar-refractivity contribution in [1.29, 1.82) is 0 Å². The van der Waals surface area contributed by atoms with Crippen molar-refractivity contribution >= 4 is 60.8 Å². The van der Waals surface area contributed by atoms with E-state index >= 15 is 0 Å². The van der Waals surface area contributed by atoms with Crippen molar-refractivity contribution in [2.45, 2.75) is 0 Å². The number of hydrogen-bond acceptors (Lipinski definition) is 2. The molecule has 3 nitrogen and oxygen atoms in total. The Morgan fingerprint density at radius 1 is 0.444 bits per heavy atom. The van der Waals surface area contributed by atoms with E-state index in [0.29, 0.717) is 0 Å². The van der Waals surface area contributed by atoms with Gasteiger partial charge in [0.25, 0.3) is 0 Å². The predicted molar refractivity (Wildman–Crippen MR) is 188 cm³/mol. The van der Waals surface area contributed by atoms with Crippen LogP contribution in [0.3, 0.4) is 0 Å². The number of anilines is 3. The van der Waals surface area contributed by atoms with Crippen LogP contribution in [0.1, 0.15) is 0 Å². The van der Waals surface area contributed by atoms with Crippen LogP contribution in [0.15, 0.2) is 174 Å². The third-order valence-corrected chi connectivity index (χ3v) is 8.77. The van der Waals surface area contributed by atoms with Gasteiger partial charge in [0.2, 0.25) is 0 Å². The summed E-state index contributed by atoms with van der Waals surface area (Å²) in [7, 11) is 0. The summed E-state index contributed by atoms with van der Waals surface area (Å²) in [5.41, 5.74) is 10.8. The summed E-state index contributed by atoms with van der Waals surface area (Å²) in [6.45, 7) is 0. The number of rotatable bonds is 5. The molecule has 0 N–H and O–H groups in total. The van der Waals surface area contributed by atoms with E-state index in [9.17, 15) is 0 Å². The van der Waals surface area contributed by atoms with E-state index in [-0.39, 0.29) is 0 Å². The molecule has 0 bridgehead atoms. The molecule has 0 spiro atoms. The molecule has 7 aromatic carbocycles. The first-order valence-electron chi connectivity index (χ1n) is 15.3. The van der Waals surface area contributed by atoms with Gasteiger partial charge in [-0.3, -0.25) is 0 Å². The highest BCUT2D eigenvalue weighted by molar-refractivity contribution is 6.17. The molecule has 0 aliphatic carbocycles. The fourth-order valence-corrected chi connectivity index (χ4v) is 6.80. The van der Waals surface area contributed by atoms with Crippen molar-refractivity contribution in [3.05, 3.63) is 170 Å². The lowest BCUT2D eigenvalue weighted by atomic mass is 9.98. The Bertz CT molecular complexity index is 2470. The molecule has 0 saturated carbocycles. The van der Waals surface area contributed by atoms with Gasteiger partial charge in [0.05, 0.1) is 16.7 Å². The zero-order chi connectivity index (χ0) is 29.7. The standard InChI is InChI=1S/C42H28N2O/c1-4-14-29(15-5-1)33-25-26-36-34-20-10-12-22-38(34)44(31-18-8-3-9-19-31)42(36)41(33)43(30-16-6-2-7-17-30)32-24-27-40-37(28-32)35-21-11-13-23-39(35)45-40/h1-28H. The molecule has 0 aliphatic heterocycles. The number of furan rings is 1. The van der Waals surface area contributed by atoms with Crippen LogP contribution in [0.5, 0.6) is 0 Å². The van der Waals surface area contributed by atoms with Gasteiger partial charge in [0, 0.05) is 44.2 Å². The lowest BCUT2D eigenvalue weighted by Crippen LogP contribution is -2.13. The minimum atomic E-state index is 0.882. The Hall–Kier alpha value is -6.06. The normalized spacial score (nSPS) is 11.6. The van der Waals surface area contributed by atoms with Gasteiger partial charge >= 0.3 is 0 Å². The molecule has 45 heavy (non-hydrogen) atoms. The maximum Gasteiger partial charge on any atom is 0.135 e. The fourth-order valence-electron chi connectivity index (χ4n) is 6.80. The van der Waals surface area contributed by atoms with Crippen molar-refractivity contribution in [2.75, 3.05) is 4.90 Å². The third-order valence-electron chi connectivity index (χ3n) is 8.77. The minimum Gasteiger partial charge on any atom is -0.456 e. The van der Waals surface area contributed by atoms with Crippen molar-refractivity contribution in [1.82, 2.24) is 4.57 Å². The van der Waals surface area contributed by atoms with Crippen molar-refractivity contribution in [3.8, 4) is 16.8 Å². The highest BCUT2D eigenvalue weighted by atomic mass is 16.3. The molecule has 2 aromatic heterocycles. The van der Waals surface area contributed by atoms with E-state index in [2.05, 4.69) is 167 Å². The molecule has 3 heteroatoms. The zero-order valence-corrected chi connectivity index (χ0v) is 24.5. The summed E-state index contributed by atoms with van der Waals surface area (Å²) in [5.74, 6) is 0. The minimum absolute atomic E-state index is 0.882. The van der Waals surface area contributed by atoms with Gasteiger partial charge in [0.1, 0.15) is 11.2 Å². The summed E-state index contributed by atoms with van der Waals surface area (Å²) in [5, 5.41) is 4.64. The van der Waals surface area contributed by atoms with Gasteiger partial charge in [-0.1, -0.05) is 115 Å². The van der Waals surface area contributed by atoms with E-state index in [0.717, 1.165) is 61.3 Å². The maximum absolute atomic E-state index is 6.26. The fraction of sp³-hybridized carbons (Fsp3) is 0. The van der Waals surface area contributed by atoms with Crippen molar-refractivity contribution in [3.63, 3.8) is 0 Å². The Morgan fingerprint density at radius 2 is 1.09 bits per heavy atom. The van der Waals surface area contributed by atoms with Gasteiger partial charge in [-0.05, 0) is 60.2 Å². The molecule has 212 valence electrons. The van der Waals surface area contributed by atoms with E-state index in [1.54, 1.807) is 0 Å². The topological polar surface area (TPSA) is 21.3 Å². The predicted octanol–water partition coefficient (Wildman–Crippen LogP) is 11.8. The molecule has 0 amide bonds. The number of nitrogens with zero attached hydrogens (tertiary/aromatic N) is 2. The second-order valence-corrected chi connectivity index (χ2v) is 11.4. The monoisotopic (exact) mass is 576 g/mol. The first kappa shape index (κ1) is 25.4. The maximum atomic E-state index is 6.26. The SMILES string of the molecule is c1ccc(-c2ccc3c4ccccc4n(-c4ccccc4)c3c2N(c2ccccc2)c2ccc3oc4ccccc4c3c2)cc1. The smallest absolute Gasteiger partial charge is 0.135 e. The number of fused-ring (bicyclic) bond motifs is 6. The average molecular weight is 577 g/mol. The molecule has 9 aromatic rings. The molecule has 2 heterocycles. The van der Waals surface area contributed by atoms with E-state index in [1.165, 1.54) is 16.3 Å². The van der Waals surface area contributed by atoms with E-state index in [4.69, 9.17) is 4.42 Å². The Balaban J connectivity index is 1.46. The number of para-hydroxylation sites is 4. The van der Waals surface area contributed by atoms with Gasteiger partial charge in [-0.15, -0.1) is 0 Å². The molecule has 0 aliphatic rings. The van der Waals surface area contributed by atoms with E-state index < -0.39 is 0 Å². The second-order valence-electron chi connectivity index (χ2n) is 11.4. The number of benzene rings is 7. The molecule has 0 saturated heterocycles.